The summed E-state index contributed by atoms with van der Waals surface area (Å²) in [4.78, 5) is 28.7. The molecule has 8 heteroatoms. The number of rotatable bonds is 6. The summed E-state index contributed by atoms with van der Waals surface area (Å²) in [5.74, 6) is 0.691. The van der Waals surface area contributed by atoms with Gasteiger partial charge in [-0.15, -0.1) is 11.3 Å². The summed E-state index contributed by atoms with van der Waals surface area (Å²) in [6.07, 6.45) is 0. The van der Waals surface area contributed by atoms with Gasteiger partial charge in [0.05, 0.1) is 12.8 Å². The van der Waals surface area contributed by atoms with Crippen LogP contribution < -0.4 is 15.0 Å². The number of thiazole rings is 1. The lowest BCUT2D eigenvalue weighted by Gasteiger charge is -2.07. The molecule has 0 radical (unpaired) electrons. The number of aromatic nitrogens is 2. The van der Waals surface area contributed by atoms with Crippen molar-refractivity contribution in [1.82, 2.24) is 9.38 Å². The smallest absolute Gasteiger partial charge is 0.344 e. The maximum absolute atomic E-state index is 12.0. The number of hydrogen-bond acceptors (Lipinski definition) is 7. The summed E-state index contributed by atoms with van der Waals surface area (Å²) in [5, 5.41) is 1.85. The highest BCUT2D eigenvalue weighted by Gasteiger charge is 2.09. The summed E-state index contributed by atoms with van der Waals surface area (Å²) >= 11 is 1.36. The molecule has 0 aliphatic carbocycles. The molecule has 2 heterocycles. The second kappa shape index (κ2) is 7.35. The summed E-state index contributed by atoms with van der Waals surface area (Å²) in [6.45, 7) is 1.53. The van der Waals surface area contributed by atoms with Crippen molar-refractivity contribution < 1.29 is 19.0 Å². The summed E-state index contributed by atoms with van der Waals surface area (Å²) in [6, 6.07) is 8.22. The number of aryl methyl sites for hydroxylation is 1. The Kier molecular flexibility index (Phi) is 4.99. The Bertz CT molecular complexity index is 946. The molecule has 0 aliphatic heterocycles. The van der Waals surface area contributed by atoms with E-state index in [1.54, 1.807) is 31.4 Å². The average molecular weight is 360 g/mol. The van der Waals surface area contributed by atoms with Crippen molar-refractivity contribution in [2.24, 2.45) is 0 Å². The van der Waals surface area contributed by atoms with Crippen LogP contribution in [0.1, 0.15) is 11.4 Å². The van der Waals surface area contributed by atoms with Crippen LogP contribution in [0.25, 0.3) is 4.96 Å². The molecule has 0 aliphatic rings. The van der Waals surface area contributed by atoms with Crippen molar-refractivity contribution >= 4 is 22.3 Å². The average Bonchev–Trinajstić information content (AvgIpc) is 3.00. The van der Waals surface area contributed by atoms with Gasteiger partial charge in [0.25, 0.3) is 5.56 Å². The number of benzene rings is 1. The quantitative estimate of drug-likeness (QED) is 0.627. The van der Waals surface area contributed by atoms with E-state index in [9.17, 15) is 9.59 Å². The Morgan fingerprint density at radius 1 is 1.24 bits per heavy atom. The van der Waals surface area contributed by atoms with Crippen molar-refractivity contribution in [2.45, 2.75) is 13.5 Å². The van der Waals surface area contributed by atoms with Crippen LogP contribution in [-0.4, -0.2) is 29.1 Å². The second-order valence-electron chi connectivity index (χ2n) is 5.21. The molecule has 0 saturated heterocycles. The molecule has 3 rings (SSSR count). The highest BCUT2D eigenvalue weighted by atomic mass is 32.1. The highest BCUT2D eigenvalue weighted by molar-refractivity contribution is 7.15. The van der Waals surface area contributed by atoms with Crippen LogP contribution in [0, 0.1) is 6.92 Å². The molecule has 0 atom stereocenters. The van der Waals surface area contributed by atoms with E-state index in [1.165, 1.54) is 21.8 Å². The fraction of sp³-hybridized carbons (Fsp3) is 0.235. The molecule has 1 aromatic carbocycles. The first-order valence-electron chi connectivity index (χ1n) is 7.46. The molecule has 25 heavy (non-hydrogen) atoms. The molecular formula is C17H16N2O5S. The van der Waals surface area contributed by atoms with Crippen LogP contribution >= 0.6 is 11.3 Å². The van der Waals surface area contributed by atoms with Crippen molar-refractivity contribution in [3.63, 3.8) is 0 Å². The Balaban J connectivity index is 1.56. The molecule has 0 spiro atoms. The van der Waals surface area contributed by atoms with Crippen LogP contribution in [0.3, 0.4) is 0 Å². The molecular weight excluding hydrogens is 344 g/mol. The van der Waals surface area contributed by atoms with E-state index >= 15 is 0 Å². The largest absolute Gasteiger partial charge is 0.497 e. The van der Waals surface area contributed by atoms with Gasteiger partial charge in [0, 0.05) is 17.1 Å². The van der Waals surface area contributed by atoms with Gasteiger partial charge in [0.1, 0.15) is 18.1 Å². The van der Waals surface area contributed by atoms with Gasteiger partial charge < -0.3 is 14.2 Å². The third-order valence-electron chi connectivity index (χ3n) is 3.43. The number of nitrogens with zero attached hydrogens (tertiary/aromatic N) is 2. The standard InChI is InChI=1S/C17H16N2O5S/c1-11-10-25-17-18-12(7-15(20)19(11)17)8-24-16(21)9-23-14-5-3-13(22-2)4-6-14/h3-7,10H,8-9H2,1-2H3. The first-order valence-corrected chi connectivity index (χ1v) is 8.34. The van der Waals surface area contributed by atoms with Gasteiger partial charge >= 0.3 is 5.97 Å². The van der Waals surface area contributed by atoms with Gasteiger partial charge in [0.2, 0.25) is 0 Å². The summed E-state index contributed by atoms with van der Waals surface area (Å²) in [5.41, 5.74) is 1.04. The van der Waals surface area contributed by atoms with Gasteiger partial charge in [-0.1, -0.05) is 0 Å². The number of ether oxygens (including phenoxy) is 3. The molecule has 0 fully saturated rings. The van der Waals surface area contributed by atoms with E-state index in [-0.39, 0.29) is 18.8 Å². The predicted molar refractivity (Wildman–Crippen MR) is 92.4 cm³/mol. The Morgan fingerprint density at radius 2 is 1.96 bits per heavy atom. The van der Waals surface area contributed by atoms with Crippen molar-refractivity contribution in [2.75, 3.05) is 13.7 Å². The molecule has 0 unspecified atom stereocenters. The first-order chi connectivity index (χ1) is 12.1. The van der Waals surface area contributed by atoms with E-state index in [1.807, 2.05) is 12.3 Å². The molecule has 2 aromatic heterocycles. The lowest BCUT2D eigenvalue weighted by Crippen LogP contribution is -2.18. The molecule has 7 nitrogen and oxygen atoms in total. The third-order valence-corrected chi connectivity index (χ3v) is 4.37. The van der Waals surface area contributed by atoms with Gasteiger partial charge in [0.15, 0.2) is 11.6 Å². The van der Waals surface area contributed by atoms with Gasteiger partial charge in [-0.3, -0.25) is 9.20 Å². The van der Waals surface area contributed by atoms with Gasteiger partial charge in [-0.25, -0.2) is 9.78 Å². The van der Waals surface area contributed by atoms with Crippen LogP contribution in [-0.2, 0) is 16.1 Å². The number of fused-ring (bicyclic) bond motifs is 1. The van der Waals surface area contributed by atoms with Crippen LogP contribution in [0.5, 0.6) is 11.5 Å². The molecule has 0 amide bonds. The van der Waals surface area contributed by atoms with E-state index in [0.717, 1.165) is 5.69 Å². The lowest BCUT2D eigenvalue weighted by atomic mass is 10.3. The van der Waals surface area contributed by atoms with Crippen LogP contribution in [0.2, 0.25) is 0 Å². The summed E-state index contributed by atoms with van der Waals surface area (Å²) < 4.78 is 17.0. The summed E-state index contributed by atoms with van der Waals surface area (Å²) in [7, 11) is 1.57. The van der Waals surface area contributed by atoms with E-state index in [2.05, 4.69) is 4.98 Å². The zero-order chi connectivity index (χ0) is 17.8. The zero-order valence-electron chi connectivity index (χ0n) is 13.7. The molecule has 130 valence electrons. The Hall–Kier alpha value is -2.87. The third kappa shape index (κ3) is 3.97. The van der Waals surface area contributed by atoms with Crippen molar-refractivity contribution in [3.05, 3.63) is 57.5 Å². The number of methoxy groups -OCH3 is 1. The second-order valence-corrected chi connectivity index (χ2v) is 6.04. The number of carbonyl (C=O) groups is 1. The van der Waals surface area contributed by atoms with Crippen molar-refractivity contribution in [3.8, 4) is 11.5 Å². The Labute approximate surface area is 147 Å². The van der Waals surface area contributed by atoms with Crippen molar-refractivity contribution in [1.29, 1.82) is 0 Å². The lowest BCUT2D eigenvalue weighted by molar-refractivity contribution is -0.147. The van der Waals surface area contributed by atoms with Crippen LogP contribution in [0.15, 0.2) is 40.5 Å². The maximum Gasteiger partial charge on any atom is 0.344 e. The minimum absolute atomic E-state index is 0.0759. The van der Waals surface area contributed by atoms with E-state index in [4.69, 9.17) is 14.2 Å². The van der Waals surface area contributed by atoms with E-state index in [0.29, 0.717) is 22.2 Å². The fourth-order valence-corrected chi connectivity index (χ4v) is 3.08. The predicted octanol–water partition coefficient (Wildman–Crippen LogP) is 2.20. The SMILES string of the molecule is COc1ccc(OCC(=O)OCc2cc(=O)n3c(C)csc3n2)cc1. The molecule has 0 N–H and O–H groups in total. The molecule has 0 saturated carbocycles. The molecule has 0 bridgehead atoms. The maximum atomic E-state index is 12.0. The van der Waals surface area contributed by atoms with E-state index < -0.39 is 5.97 Å². The van der Waals surface area contributed by atoms with Gasteiger partial charge in [-0.2, -0.15) is 0 Å². The zero-order valence-corrected chi connectivity index (χ0v) is 14.5. The topological polar surface area (TPSA) is 79.1 Å². The first kappa shape index (κ1) is 17.0. The van der Waals surface area contributed by atoms with Crippen LogP contribution in [0.4, 0.5) is 0 Å². The fourth-order valence-electron chi connectivity index (χ4n) is 2.19. The van der Waals surface area contributed by atoms with Gasteiger partial charge in [-0.05, 0) is 31.2 Å². The molecule has 3 aromatic rings. The monoisotopic (exact) mass is 360 g/mol. The Morgan fingerprint density at radius 3 is 2.68 bits per heavy atom. The minimum atomic E-state index is -0.542. The normalized spacial score (nSPS) is 10.6. The highest BCUT2D eigenvalue weighted by Crippen LogP contribution is 2.17. The minimum Gasteiger partial charge on any atom is -0.497 e. The number of carbonyl (C=O) groups excluding carboxylic acids is 1. The number of hydrogen-bond donors (Lipinski definition) is 0. The number of esters is 1.